The molecule has 0 aromatic carbocycles. The van der Waals surface area contributed by atoms with Crippen molar-refractivity contribution in [3.05, 3.63) is 0 Å². The number of hydrogen-bond acceptors (Lipinski definition) is 4. The molecule has 2 heterocycles. The van der Waals surface area contributed by atoms with E-state index in [0.29, 0.717) is 12.0 Å². The average Bonchev–Trinajstić information content (AvgIpc) is 3.06. The third-order valence-corrected chi connectivity index (χ3v) is 4.82. The molecular formula is C16H30N2O3. The molecule has 2 rings (SSSR count). The topological polar surface area (TPSA) is 50.8 Å². The second-order valence-corrected chi connectivity index (χ2v) is 6.04. The Morgan fingerprint density at radius 2 is 1.95 bits per heavy atom. The first kappa shape index (κ1) is 16.7. The molecule has 5 heteroatoms. The Morgan fingerprint density at radius 3 is 2.52 bits per heavy atom. The average molecular weight is 298 g/mol. The molecule has 2 fully saturated rings. The molecule has 1 amide bonds. The molecule has 0 aromatic rings. The zero-order valence-corrected chi connectivity index (χ0v) is 13.5. The molecular weight excluding hydrogens is 268 g/mol. The number of carbonyl (C=O) groups excluding carboxylic acids is 1. The molecule has 2 aliphatic heterocycles. The van der Waals surface area contributed by atoms with Gasteiger partial charge in [0.1, 0.15) is 6.10 Å². The molecule has 2 atom stereocenters. The van der Waals surface area contributed by atoms with E-state index < -0.39 is 0 Å². The number of rotatable bonds is 7. The lowest BCUT2D eigenvalue weighted by Crippen LogP contribution is -2.52. The highest BCUT2D eigenvalue weighted by molar-refractivity contribution is 5.80. The van der Waals surface area contributed by atoms with E-state index in [-0.39, 0.29) is 12.0 Å². The first-order chi connectivity index (χ1) is 10.3. The molecule has 2 unspecified atom stereocenters. The van der Waals surface area contributed by atoms with Gasteiger partial charge in [-0.25, -0.2) is 0 Å². The molecule has 0 bridgehead atoms. The maximum Gasteiger partial charge on any atom is 0.249 e. The molecule has 0 spiro atoms. The van der Waals surface area contributed by atoms with Crippen molar-refractivity contribution in [2.24, 2.45) is 5.92 Å². The van der Waals surface area contributed by atoms with Gasteiger partial charge in [0, 0.05) is 32.3 Å². The summed E-state index contributed by atoms with van der Waals surface area (Å²) in [5.41, 5.74) is 0. The van der Waals surface area contributed by atoms with Gasteiger partial charge in [0.25, 0.3) is 0 Å². The molecule has 1 N–H and O–H groups in total. The van der Waals surface area contributed by atoms with E-state index in [2.05, 4.69) is 24.1 Å². The van der Waals surface area contributed by atoms with Crippen LogP contribution < -0.4 is 5.32 Å². The van der Waals surface area contributed by atoms with Crippen molar-refractivity contribution in [2.45, 2.75) is 51.7 Å². The smallest absolute Gasteiger partial charge is 0.249 e. The van der Waals surface area contributed by atoms with Crippen LogP contribution in [0.1, 0.15) is 39.5 Å². The van der Waals surface area contributed by atoms with E-state index in [0.717, 1.165) is 65.1 Å². The van der Waals surface area contributed by atoms with Crippen molar-refractivity contribution in [2.75, 3.05) is 39.5 Å². The molecule has 21 heavy (non-hydrogen) atoms. The Morgan fingerprint density at radius 1 is 1.24 bits per heavy atom. The van der Waals surface area contributed by atoms with Gasteiger partial charge < -0.3 is 14.8 Å². The van der Waals surface area contributed by atoms with Crippen LogP contribution in [0.5, 0.6) is 0 Å². The quantitative estimate of drug-likeness (QED) is 0.772. The highest BCUT2D eigenvalue weighted by Crippen LogP contribution is 2.20. The normalized spacial score (nSPS) is 25.2. The maximum absolute atomic E-state index is 12.2. The molecule has 0 saturated carbocycles. The predicted octanol–water partition coefficient (Wildman–Crippen LogP) is 1.42. The Hall–Kier alpha value is -0.650. The van der Waals surface area contributed by atoms with Crippen LogP contribution in [-0.2, 0) is 14.3 Å². The standard InChI is InChI=1S/C16H30N2O3/c1-3-13(4-2)14(18-7-10-20-11-8-18)12-17-16(19)15-6-5-9-21-15/h13-15H,3-12H2,1-2H3,(H,17,19). The van der Waals surface area contributed by atoms with Crippen molar-refractivity contribution in [3.63, 3.8) is 0 Å². The Labute approximate surface area is 128 Å². The van der Waals surface area contributed by atoms with Gasteiger partial charge >= 0.3 is 0 Å². The zero-order chi connectivity index (χ0) is 15.1. The summed E-state index contributed by atoms with van der Waals surface area (Å²) >= 11 is 0. The summed E-state index contributed by atoms with van der Waals surface area (Å²) < 4.78 is 10.9. The third-order valence-electron chi connectivity index (χ3n) is 4.82. The second-order valence-electron chi connectivity index (χ2n) is 6.04. The van der Waals surface area contributed by atoms with Crippen LogP contribution in [0.3, 0.4) is 0 Å². The van der Waals surface area contributed by atoms with Crippen molar-refractivity contribution in [1.82, 2.24) is 10.2 Å². The number of amides is 1. The van der Waals surface area contributed by atoms with Crippen LogP contribution >= 0.6 is 0 Å². The molecule has 122 valence electrons. The Bertz CT molecular complexity index is 309. The number of nitrogens with zero attached hydrogens (tertiary/aromatic N) is 1. The summed E-state index contributed by atoms with van der Waals surface area (Å²) in [6.07, 6.45) is 3.93. The summed E-state index contributed by atoms with van der Waals surface area (Å²) in [6.45, 7) is 9.47. The largest absolute Gasteiger partial charge is 0.379 e. The third kappa shape index (κ3) is 4.66. The van der Waals surface area contributed by atoms with E-state index in [1.165, 1.54) is 0 Å². The van der Waals surface area contributed by atoms with Crippen LogP contribution in [0.4, 0.5) is 0 Å². The van der Waals surface area contributed by atoms with Gasteiger partial charge in [-0.05, 0) is 18.8 Å². The van der Waals surface area contributed by atoms with E-state index >= 15 is 0 Å². The zero-order valence-electron chi connectivity index (χ0n) is 13.5. The summed E-state index contributed by atoms with van der Waals surface area (Å²) in [5.74, 6) is 0.685. The number of morpholine rings is 1. The van der Waals surface area contributed by atoms with Gasteiger partial charge in [-0.1, -0.05) is 26.7 Å². The number of hydrogen-bond donors (Lipinski definition) is 1. The maximum atomic E-state index is 12.2. The van der Waals surface area contributed by atoms with E-state index in [4.69, 9.17) is 9.47 Å². The number of ether oxygens (including phenoxy) is 2. The SMILES string of the molecule is CCC(CC)C(CNC(=O)C1CCCO1)N1CCOCC1. The lowest BCUT2D eigenvalue weighted by atomic mass is 9.92. The number of carbonyl (C=O) groups is 1. The first-order valence-corrected chi connectivity index (χ1v) is 8.47. The van der Waals surface area contributed by atoms with E-state index in [9.17, 15) is 4.79 Å². The lowest BCUT2D eigenvalue weighted by Gasteiger charge is -2.39. The minimum atomic E-state index is -0.225. The Balaban J connectivity index is 1.89. The molecule has 5 nitrogen and oxygen atoms in total. The summed E-state index contributed by atoms with van der Waals surface area (Å²) in [4.78, 5) is 14.6. The van der Waals surface area contributed by atoms with Crippen molar-refractivity contribution >= 4 is 5.91 Å². The Kier molecular flexibility index (Phi) is 6.93. The molecule has 0 radical (unpaired) electrons. The van der Waals surface area contributed by atoms with Crippen LogP contribution in [0, 0.1) is 5.92 Å². The van der Waals surface area contributed by atoms with Crippen molar-refractivity contribution in [1.29, 1.82) is 0 Å². The molecule has 2 saturated heterocycles. The monoisotopic (exact) mass is 298 g/mol. The van der Waals surface area contributed by atoms with Gasteiger partial charge in [-0.2, -0.15) is 0 Å². The first-order valence-electron chi connectivity index (χ1n) is 8.47. The van der Waals surface area contributed by atoms with Gasteiger partial charge in [0.15, 0.2) is 0 Å². The van der Waals surface area contributed by atoms with Crippen molar-refractivity contribution in [3.8, 4) is 0 Å². The van der Waals surface area contributed by atoms with Crippen LogP contribution in [0.15, 0.2) is 0 Å². The number of nitrogens with one attached hydrogen (secondary N) is 1. The van der Waals surface area contributed by atoms with Gasteiger partial charge in [-0.15, -0.1) is 0 Å². The second kappa shape index (κ2) is 8.71. The van der Waals surface area contributed by atoms with Crippen molar-refractivity contribution < 1.29 is 14.3 Å². The summed E-state index contributed by atoms with van der Waals surface area (Å²) in [5, 5.41) is 3.12. The van der Waals surface area contributed by atoms with Crippen LogP contribution in [0.25, 0.3) is 0 Å². The minimum Gasteiger partial charge on any atom is -0.379 e. The highest BCUT2D eigenvalue weighted by atomic mass is 16.5. The van der Waals surface area contributed by atoms with E-state index in [1.807, 2.05) is 0 Å². The van der Waals surface area contributed by atoms with Gasteiger partial charge in [0.05, 0.1) is 13.2 Å². The highest BCUT2D eigenvalue weighted by Gasteiger charge is 2.29. The predicted molar refractivity (Wildman–Crippen MR) is 82.2 cm³/mol. The fourth-order valence-corrected chi connectivity index (χ4v) is 3.44. The molecule has 2 aliphatic rings. The summed E-state index contributed by atoms with van der Waals surface area (Å²) in [7, 11) is 0. The fourth-order valence-electron chi connectivity index (χ4n) is 3.44. The minimum absolute atomic E-state index is 0.0664. The molecule has 0 aromatic heterocycles. The summed E-state index contributed by atoms with van der Waals surface area (Å²) in [6, 6.07) is 0.411. The fraction of sp³-hybridized carbons (Fsp3) is 0.938. The lowest BCUT2D eigenvalue weighted by molar-refractivity contribution is -0.130. The molecule has 0 aliphatic carbocycles. The van der Waals surface area contributed by atoms with Crippen LogP contribution in [-0.4, -0.2) is 62.4 Å². The van der Waals surface area contributed by atoms with Crippen LogP contribution in [0.2, 0.25) is 0 Å². The van der Waals surface area contributed by atoms with E-state index in [1.54, 1.807) is 0 Å². The van der Waals surface area contributed by atoms with Gasteiger partial charge in [0.2, 0.25) is 5.91 Å². The van der Waals surface area contributed by atoms with Gasteiger partial charge in [-0.3, -0.25) is 9.69 Å².